The lowest BCUT2D eigenvalue weighted by molar-refractivity contribution is -0.117. The summed E-state index contributed by atoms with van der Waals surface area (Å²) < 4.78 is 8.15. The first-order valence-electron chi connectivity index (χ1n) is 11.8. The van der Waals surface area contributed by atoms with E-state index >= 15 is 0 Å². The summed E-state index contributed by atoms with van der Waals surface area (Å²) in [6.07, 6.45) is 2.37. The van der Waals surface area contributed by atoms with Gasteiger partial charge in [-0.15, -0.1) is 0 Å². The second kappa shape index (κ2) is 9.90. The van der Waals surface area contributed by atoms with Crippen molar-refractivity contribution in [1.29, 1.82) is 0 Å². The molecule has 0 saturated carbocycles. The average Bonchev–Trinajstić information content (AvgIpc) is 3.41. The van der Waals surface area contributed by atoms with Gasteiger partial charge in [0.1, 0.15) is 11.6 Å². The van der Waals surface area contributed by atoms with Crippen molar-refractivity contribution in [3.8, 4) is 5.75 Å². The Hall–Kier alpha value is -3.31. The molecule has 4 aromatic rings. The van der Waals surface area contributed by atoms with Crippen molar-refractivity contribution in [1.82, 2.24) is 9.55 Å². The molecule has 1 fully saturated rings. The number of ether oxygens (including phenoxy) is 1. The number of anilines is 1. The molecule has 0 spiro atoms. The van der Waals surface area contributed by atoms with Crippen LogP contribution in [0.4, 0.5) is 5.69 Å². The number of benzene rings is 3. The van der Waals surface area contributed by atoms with Gasteiger partial charge in [0.25, 0.3) is 0 Å². The van der Waals surface area contributed by atoms with Crippen LogP contribution in [0.15, 0.2) is 72.8 Å². The van der Waals surface area contributed by atoms with Crippen LogP contribution < -0.4 is 9.64 Å². The van der Waals surface area contributed by atoms with Crippen LogP contribution in [0, 0.1) is 6.92 Å². The molecule has 0 aliphatic carbocycles. The average molecular weight is 474 g/mol. The first-order chi connectivity index (χ1) is 16.6. The van der Waals surface area contributed by atoms with Crippen molar-refractivity contribution in [2.75, 3.05) is 18.1 Å². The molecule has 174 valence electrons. The predicted molar refractivity (Wildman–Crippen MR) is 137 cm³/mol. The summed E-state index contributed by atoms with van der Waals surface area (Å²) in [5.41, 5.74) is 4.25. The van der Waals surface area contributed by atoms with Crippen molar-refractivity contribution in [3.63, 3.8) is 0 Å². The standard InChI is InChI=1S/C28H28ClN3O2/c1-20-8-12-23(13-9-20)32-19-21(18-27(32)33)28-30-25-6-2-3-7-26(25)31(28)16-4-5-17-34-24-14-10-22(29)11-15-24/h2-3,6-15,21H,4-5,16-19H2,1H3/t21-/m0/s1. The smallest absolute Gasteiger partial charge is 0.227 e. The number of imidazole rings is 1. The maximum absolute atomic E-state index is 12.9. The van der Waals surface area contributed by atoms with Crippen LogP contribution in [0.3, 0.4) is 0 Å². The van der Waals surface area contributed by atoms with Gasteiger partial charge in [-0.25, -0.2) is 4.98 Å². The second-order valence-electron chi connectivity index (χ2n) is 8.86. The highest BCUT2D eigenvalue weighted by Gasteiger charge is 2.34. The number of halogens is 1. The molecular formula is C28H28ClN3O2. The van der Waals surface area contributed by atoms with Gasteiger partial charge in [-0.05, 0) is 68.3 Å². The highest BCUT2D eigenvalue weighted by Crippen LogP contribution is 2.33. The Labute approximate surface area is 204 Å². The Morgan fingerprint density at radius 3 is 2.56 bits per heavy atom. The van der Waals surface area contributed by atoms with Gasteiger partial charge in [0.15, 0.2) is 0 Å². The summed E-state index contributed by atoms with van der Waals surface area (Å²) in [7, 11) is 0. The normalized spacial score (nSPS) is 15.9. The summed E-state index contributed by atoms with van der Waals surface area (Å²) >= 11 is 5.94. The van der Waals surface area contributed by atoms with Crippen LogP contribution in [0.5, 0.6) is 5.75 Å². The SMILES string of the molecule is Cc1ccc(N2C[C@@H](c3nc4ccccc4n3CCCCOc3ccc(Cl)cc3)CC2=O)cc1. The number of carbonyl (C=O) groups is 1. The third-order valence-corrected chi connectivity index (χ3v) is 6.63. The molecule has 1 atom stereocenters. The van der Waals surface area contributed by atoms with Gasteiger partial charge in [-0.3, -0.25) is 4.79 Å². The third-order valence-electron chi connectivity index (χ3n) is 6.38. The number of fused-ring (bicyclic) bond motifs is 1. The molecule has 1 aliphatic heterocycles. The minimum Gasteiger partial charge on any atom is -0.494 e. The molecule has 0 unspecified atom stereocenters. The molecular weight excluding hydrogens is 446 g/mol. The molecule has 0 N–H and O–H groups in total. The van der Waals surface area contributed by atoms with Crippen LogP contribution in [-0.2, 0) is 11.3 Å². The molecule has 2 heterocycles. The topological polar surface area (TPSA) is 47.4 Å². The third kappa shape index (κ3) is 4.80. The van der Waals surface area contributed by atoms with Crippen molar-refractivity contribution < 1.29 is 9.53 Å². The molecule has 1 amide bonds. The van der Waals surface area contributed by atoms with Gasteiger partial charge in [0, 0.05) is 36.1 Å². The molecule has 5 nitrogen and oxygen atoms in total. The minimum absolute atomic E-state index is 0.0755. The van der Waals surface area contributed by atoms with E-state index in [0.29, 0.717) is 24.6 Å². The number of para-hydroxylation sites is 2. The number of aromatic nitrogens is 2. The van der Waals surface area contributed by atoms with E-state index in [4.69, 9.17) is 21.3 Å². The van der Waals surface area contributed by atoms with E-state index in [-0.39, 0.29) is 11.8 Å². The number of carbonyl (C=O) groups excluding carboxylic acids is 1. The summed E-state index contributed by atoms with van der Waals surface area (Å²) in [4.78, 5) is 19.8. The fourth-order valence-corrected chi connectivity index (χ4v) is 4.71. The summed E-state index contributed by atoms with van der Waals surface area (Å²) in [5, 5.41) is 0.707. The van der Waals surface area contributed by atoms with Crippen molar-refractivity contribution >= 4 is 34.2 Å². The number of nitrogens with zero attached hydrogens (tertiary/aromatic N) is 3. The number of hydrogen-bond donors (Lipinski definition) is 0. The molecule has 5 rings (SSSR count). The Balaban J connectivity index is 1.28. The van der Waals surface area contributed by atoms with Crippen molar-refractivity contribution in [2.24, 2.45) is 0 Å². The zero-order valence-electron chi connectivity index (χ0n) is 19.3. The van der Waals surface area contributed by atoms with Gasteiger partial charge in [0.2, 0.25) is 5.91 Å². The first-order valence-corrected chi connectivity index (χ1v) is 12.2. The number of aryl methyl sites for hydroxylation is 2. The van der Waals surface area contributed by atoms with Gasteiger partial charge in [-0.1, -0.05) is 41.4 Å². The van der Waals surface area contributed by atoms with Crippen LogP contribution in [0.1, 0.15) is 36.6 Å². The fourth-order valence-electron chi connectivity index (χ4n) is 4.59. The molecule has 34 heavy (non-hydrogen) atoms. The number of amides is 1. The van der Waals surface area contributed by atoms with E-state index in [9.17, 15) is 4.79 Å². The van der Waals surface area contributed by atoms with Crippen LogP contribution in [0.2, 0.25) is 5.02 Å². The van der Waals surface area contributed by atoms with Gasteiger partial charge >= 0.3 is 0 Å². The maximum Gasteiger partial charge on any atom is 0.227 e. The van der Waals surface area contributed by atoms with E-state index < -0.39 is 0 Å². The molecule has 3 aromatic carbocycles. The molecule has 1 saturated heterocycles. The Kier molecular flexibility index (Phi) is 6.54. The number of rotatable bonds is 8. The molecule has 6 heteroatoms. The monoisotopic (exact) mass is 473 g/mol. The Bertz CT molecular complexity index is 1280. The second-order valence-corrected chi connectivity index (χ2v) is 9.30. The lowest BCUT2D eigenvalue weighted by atomic mass is 10.1. The lowest BCUT2D eigenvalue weighted by Gasteiger charge is -2.18. The van der Waals surface area contributed by atoms with Gasteiger partial charge in [0.05, 0.1) is 17.6 Å². The predicted octanol–water partition coefficient (Wildman–Crippen LogP) is 6.38. The number of hydrogen-bond acceptors (Lipinski definition) is 3. The molecule has 0 radical (unpaired) electrons. The fraction of sp³-hybridized carbons (Fsp3) is 0.286. The zero-order valence-corrected chi connectivity index (χ0v) is 20.0. The number of unbranched alkanes of at least 4 members (excludes halogenated alkanes) is 1. The van der Waals surface area contributed by atoms with Crippen LogP contribution >= 0.6 is 11.6 Å². The molecule has 1 aliphatic rings. The van der Waals surface area contributed by atoms with E-state index in [1.165, 1.54) is 5.56 Å². The maximum atomic E-state index is 12.9. The summed E-state index contributed by atoms with van der Waals surface area (Å²) in [5.74, 6) is 2.07. The van der Waals surface area contributed by atoms with Gasteiger partial charge < -0.3 is 14.2 Å². The van der Waals surface area contributed by atoms with E-state index in [1.54, 1.807) is 0 Å². The van der Waals surface area contributed by atoms with Crippen molar-refractivity contribution in [3.05, 3.63) is 89.2 Å². The van der Waals surface area contributed by atoms with Crippen molar-refractivity contribution in [2.45, 2.75) is 38.6 Å². The lowest BCUT2D eigenvalue weighted by Crippen LogP contribution is -2.24. The van der Waals surface area contributed by atoms with Crippen LogP contribution in [0.25, 0.3) is 11.0 Å². The zero-order chi connectivity index (χ0) is 23.5. The molecule has 0 bridgehead atoms. The largest absolute Gasteiger partial charge is 0.494 e. The van der Waals surface area contributed by atoms with E-state index in [1.807, 2.05) is 59.5 Å². The molecule has 1 aromatic heterocycles. The highest BCUT2D eigenvalue weighted by atomic mass is 35.5. The quantitative estimate of drug-likeness (QED) is 0.279. The van der Waals surface area contributed by atoms with E-state index in [2.05, 4.69) is 29.7 Å². The Morgan fingerprint density at radius 1 is 1.00 bits per heavy atom. The highest BCUT2D eigenvalue weighted by molar-refractivity contribution is 6.30. The van der Waals surface area contributed by atoms with Gasteiger partial charge in [-0.2, -0.15) is 0 Å². The Morgan fingerprint density at radius 2 is 1.76 bits per heavy atom. The van der Waals surface area contributed by atoms with Crippen LogP contribution in [-0.4, -0.2) is 28.6 Å². The van der Waals surface area contributed by atoms with E-state index in [0.717, 1.165) is 47.7 Å². The minimum atomic E-state index is 0.0755. The summed E-state index contributed by atoms with van der Waals surface area (Å²) in [6.45, 7) is 4.20. The summed E-state index contributed by atoms with van der Waals surface area (Å²) in [6, 6.07) is 23.8. The first kappa shape index (κ1) is 22.5.